The monoisotopic (exact) mass is 439 g/mol. The van der Waals surface area contributed by atoms with Crippen molar-refractivity contribution in [2.24, 2.45) is 0 Å². The molecule has 4 nitrogen and oxygen atoms in total. The van der Waals surface area contributed by atoms with E-state index in [1.165, 1.54) is 18.4 Å². The molecule has 1 fully saturated rings. The molecule has 1 aromatic heterocycles. The van der Waals surface area contributed by atoms with Crippen LogP contribution >= 0.6 is 15.9 Å². The lowest BCUT2D eigenvalue weighted by atomic mass is 9.71. The number of aromatic nitrogens is 1. The SMILES string of the molecule is COC(=O)c1ccc(C2(c3ccc(-c4ccc(Br)cc4)[nH]3)CCOCC2)cc1. The molecule has 5 heteroatoms. The molecule has 0 saturated carbocycles. The highest BCUT2D eigenvalue weighted by molar-refractivity contribution is 9.10. The van der Waals surface area contributed by atoms with Crippen LogP contribution in [0.1, 0.15) is 34.5 Å². The number of hydrogen-bond acceptors (Lipinski definition) is 3. The molecular weight excluding hydrogens is 418 g/mol. The Labute approximate surface area is 173 Å². The van der Waals surface area contributed by atoms with Crippen LogP contribution in [0, 0.1) is 0 Å². The maximum absolute atomic E-state index is 11.8. The van der Waals surface area contributed by atoms with Crippen LogP contribution < -0.4 is 0 Å². The molecule has 1 aliphatic rings. The third-order valence-electron chi connectivity index (χ3n) is 5.56. The lowest BCUT2D eigenvalue weighted by Crippen LogP contribution is -2.35. The van der Waals surface area contributed by atoms with Gasteiger partial charge in [-0.05, 0) is 60.4 Å². The molecule has 0 spiro atoms. The summed E-state index contributed by atoms with van der Waals surface area (Å²) in [5.74, 6) is -0.315. The van der Waals surface area contributed by atoms with Crippen LogP contribution in [0.15, 0.2) is 65.1 Å². The van der Waals surface area contributed by atoms with Gasteiger partial charge in [0.25, 0.3) is 0 Å². The summed E-state index contributed by atoms with van der Waals surface area (Å²) in [4.78, 5) is 15.4. The van der Waals surface area contributed by atoms with E-state index in [4.69, 9.17) is 9.47 Å². The van der Waals surface area contributed by atoms with Crippen molar-refractivity contribution >= 4 is 21.9 Å². The van der Waals surface area contributed by atoms with Crippen LogP contribution in [-0.2, 0) is 14.9 Å². The maximum Gasteiger partial charge on any atom is 0.337 e. The van der Waals surface area contributed by atoms with E-state index in [1.54, 1.807) is 0 Å². The van der Waals surface area contributed by atoms with E-state index in [0.29, 0.717) is 18.8 Å². The molecule has 144 valence electrons. The van der Waals surface area contributed by atoms with Crippen molar-refractivity contribution in [3.63, 3.8) is 0 Å². The number of aromatic amines is 1. The minimum absolute atomic E-state index is 0.152. The number of hydrogen-bond donors (Lipinski definition) is 1. The van der Waals surface area contributed by atoms with Crippen LogP contribution in [0.3, 0.4) is 0 Å². The Morgan fingerprint density at radius 2 is 1.68 bits per heavy atom. The van der Waals surface area contributed by atoms with Crippen molar-refractivity contribution in [3.8, 4) is 11.3 Å². The number of esters is 1. The molecular formula is C23H22BrNO3. The van der Waals surface area contributed by atoms with Crippen molar-refractivity contribution in [1.29, 1.82) is 0 Å². The van der Waals surface area contributed by atoms with E-state index in [2.05, 4.69) is 45.2 Å². The predicted octanol–water partition coefficient (Wildman–Crippen LogP) is 5.33. The maximum atomic E-state index is 11.8. The quantitative estimate of drug-likeness (QED) is 0.559. The summed E-state index contributed by atoms with van der Waals surface area (Å²) in [6, 6.07) is 20.4. The van der Waals surface area contributed by atoms with Crippen molar-refractivity contribution < 1.29 is 14.3 Å². The Morgan fingerprint density at radius 3 is 2.32 bits per heavy atom. The molecule has 0 radical (unpaired) electrons. The van der Waals surface area contributed by atoms with Crippen molar-refractivity contribution in [1.82, 2.24) is 4.98 Å². The first kappa shape index (κ1) is 19.0. The fraction of sp³-hybridized carbons (Fsp3) is 0.261. The van der Waals surface area contributed by atoms with Gasteiger partial charge in [0.1, 0.15) is 0 Å². The largest absolute Gasteiger partial charge is 0.465 e. The van der Waals surface area contributed by atoms with E-state index < -0.39 is 0 Å². The summed E-state index contributed by atoms with van der Waals surface area (Å²) in [5, 5.41) is 0. The van der Waals surface area contributed by atoms with Gasteiger partial charge < -0.3 is 14.5 Å². The first-order valence-electron chi connectivity index (χ1n) is 9.34. The number of nitrogens with one attached hydrogen (secondary N) is 1. The van der Waals surface area contributed by atoms with E-state index in [-0.39, 0.29) is 11.4 Å². The second-order valence-electron chi connectivity index (χ2n) is 7.06. The highest BCUT2D eigenvalue weighted by Gasteiger charge is 2.37. The number of rotatable bonds is 4. The molecule has 1 saturated heterocycles. The predicted molar refractivity (Wildman–Crippen MR) is 113 cm³/mol. The first-order valence-corrected chi connectivity index (χ1v) is 10.1. The summed E-state index contributed by atoms with van der Waals surface area (Å²) in [6.45, 7) is 1.43. The van der Waals surface area contributed by atoms with E-state index in [0.717, 1.165) is 28.6 Å². The molecule has 3 aromatic rings. The van der Waals surface area contributed by atoms with Crippen molar-refractivity contribution in [3.05, 3.63) is 82.0 Å². The average Bonchev–Trinajstić information content (AvgIpc) is 3.25. The number of halogens is 1. The van der Waals surface area contributed by atoms with Gasteiger partial charge in [0, 0.05) is 34.5 Å². The Kier molecular flexibility index (Phi) is 5.38. The lowest BCUT2D eigenvalue weighted by molar-refractivity contribution is 0.0596. The van der Waals surface area contributed by atoms with Gasteiger partial charge in [-0.25, -0.2) is 4.79 Å². The first-order chi connectivity index (χ1) is 13.6. The summed E-state index contributed by atoms with van der Waals surface area (Å²) in [5.41, 5.74) is 5.03. The number of carbonyl (C=O) groups is 1. The molecule has 2 aromatic carbocycles. The van der Waals surface area contributed by atoms with E-state index in [1.807, 2.05) is 36.4 Å². The minimum atomic E-state index is -0.315. The van der Waals surface area contributed by atoms with Gasteiger partial charge in [-0.3, -0.25) is 0 Å². The van der Waals surface area contributed by atoms with Gasteiger partial charge in [0.05, 0.1) is 12.7 Å². The summed E-state index contributed by atoms with van der Waals surface area (Å²) < 4.78 is 11.5. The third kappa shape index (κ3) is 3.52. The Balaban J connectivity index is 1.72. The zero-order chi connectivity index (χ0) is 19.6. The van der Waals surface area contributed by atoms with Crippen LogP contribution in [0.5, 0.6) is 0 Å². The standard InChI is InChI=1S/C23H22BrNO3/c1-27-22(26)17-2-6-18(7-3-17)23(12-14-28-15-13-23)21-11-10-20(25-21)16-4-8-19(24)9-5-16/h2-11,25H,12-15H2,1H3. The molecule has 0 amide bonds. The minimum Gasteiger partial charge on any atom is -0.465 e. The second kappa shape index (κ2) is 7.94. The zero-order valence-corrected chi connectivity index (χ0v) is 17.3. The molecule has 0 bridgehead atoms. The van der Waals surface area contributed by atoms with Gasteiger partial charge >= 0.3 is 5.97 Å². The summed E-state index contributed by atoms with van der Waals surface area (Å²) in [7, 11) is 1.40. The number of ether oxygens (including phenoxy) is 2. The summed E-state index contributed by atoms with van der Waals surface area (Å²) >= 11 is 3.49. The Hall–Kier alpha value is -2.37. The van der Waals surface area contributed by atoms with Crippen molar-refractivity contribution in [2.75, 3.05) is 20.3 Å². The number of H-pyrrole nitrogens is 1. The molecule has 0 unspecified atom stereocenters. The fourth-order valence-electron chi connectivity index (χ4n) is 3.95. The van der Waals surface area contributed by atoms with E-state index in [9.17, 15) is 4.79 Å². The van der Waals surface area contributed by atoms with Gasteiger partial charge in [-0.15, -0.1) is 0 Å². The Bertz CT molecular complexity index is 954. The average molecular weight is 440 g/mol. The molecule has 0 aliphatic carbocycles. The fourth-order valence-corrected chi connectivity index (χ4v) is 4.21. The van der Waals surface area contributed by atoms with E-state index >= 15 is 0 Å². The molecule has 28 heavy (non-hydrogen) atoms. The molecule has 4 rings (SSSR count). The van der Waals surface area contributed by atoms with Crippen LogP contribution in [0.25, 0.3) is 11.3 Å². The second-order valence-corrected chi connectivity index (χ2v) is 7.97. The smallest absolute Gasteiger partial charge is 0.337 e. The zero-order valence-electron chi connectivity index (χ0n) is 15.7. The van der Waals surface area contributed by atoms with Gasteiger partial charge in [0.15, 0.2) is 0 Å². The Morgan fingerprint density at radius 1 is 1.00 bits per heavy atom. The van der Waals surface area contributed by atoms with Gasteiger partial charge in [0.2, 0.25) is 0 Å². The number of carbonyl (C=O) groups excluding carboxylic acids is 1. The highest BCUT2D eigenvalue weighted by Crippen LogP contribution is 2.41. The van der Waals surface area contributed by atoms with Gasteiger partial charge in [-0.2, -0.15) is 0 Å². The van der Waals surface area contributed by atoms with Gasteiger partial charge in [-0.1, -0.05) is 40.2 Å². The number of methoxy groups -OCH3 is 1. The lowest BCUT2D eigenvalue weighted by Gasteiger charge is -2.37. The summed E-state index contributed by atoms with van der Waals surface area (Å²) in [6.07, 6.45) is 1.79. The highest BCUT2D eigenvalue weighted by atomic mass is 79.9. The van der Waals surface area contributed by atoms with Crippen molar-refractivity contribution in [2.45, 2.75) is 18.3 Å². The molecule has 1 N–H and O–H groups in total. The third-order valence-corrected chi connectivity index (χ3v) is 6.09. The molecule has 2 heterocycles. The topological polar surface area (TPSA) is 51.3 Å². The van der Waals surface area contributed by atoms with Crippen LogP contribution in [-0.4, -0.2) is 31.3 Å². The van der Waals surface area contributed by atoms with Crippen LogP contribution in [0.2, 0.25) is 0 Å². The molecule has 1 aliphatic heterocycles. The molecule has 0 atom stereocenters. The normalized spacial score (nSPS) is 15.9. The number of benzene rings is 2. The van der Waals surface area contributed by atoms with Crippen LogP contribution in [0.4, 0.5) is 0 Å².